The lowest BCUT2D eigenvalue weighted by Crippen LogP contribution is -2.48. The van der Waals surface area contributed by atoms with E-state index in [9.17, 15) is 9.59 Å². The van der Waals surface area contributed by atoms with Crippen molar-refractivity contribution in [2.75, 3.05) is 43.5 Å². The molecule has 0 aromatic heterocycles. The summed E-state index contributed by atoms with van der Waals surface area (Å²) in [6.45, 7) is 2.47. The first-order chi connectivity index (χ1) is 17.4. The fraction of sp³-hybridized carbons (Fsp3) is 0.185. The lowest BCUT2D eigenvalue weighted by molar-refractivity contribution is -0.126. The van der Waals surface area contributed by atoms with E-state index in [1.807, 2.05) is 47.4 Å². The average molecular weight is 545 g/mol. The molecule has 3 aromatic rings. The number of halogens is 3. The Labute approximate surface area is 225 Å². The van der Waals surface area contributed by atoms with Crippen LogP contribution >= 0.6 is 34.8 Å². The number of piperazine rings is 1. The van der Waals surface area contributed by atoms with E-state index in [0.717, 1.165) is 11.3 Å². The van der Waals surface area contributed by atoms with Crippen LogP contribution in [0.25, 0.3) is 6.08 Å². The fourth-order valence-corrected chi connectivity index (χ4v) is 4.85. The molecule has 6 nitrogen and oxygen atoms in total. The first-order valence-corrected chi connectivity index (χ1v) is 12.4. The van der Waals surface area contributed by atoms with Crippen LogP contribution in [0, 0.1) is 0 Å². The highest BCUT2D eigenvalue weighted by atomic mass is 35.5. The molecule has 9 heteroatoms. The number of carbonyl (C=O) groups excluding carboxylic acids is 2. The number of carbonyl (C=O) groups is 2. The Morgan fingerprint density at radius 2 is 1.64 bits per heavy atom. The lowest BCUT2D eigenvalue weighted by atomic mass is 10.1. The number of anilines is 2. The third-order valence-corrected chi connectivity index (χ3v) is 6.61. The van der Waals surface area contributed by atoms with Gasteiger partial charge in [0.15, 0.2) is 0 Å². The number of hydrogen-bond acceptors (Lipinski definition) is 4. The van der Waals surface area contributed by atoms with Gasteiger partial charge in [0.05, 0.1) is 28.4 Å². The third-order valence-electron chi connectivity index (χ3n) is 5.81. The van der Waals surface area contributed by atoms with Crippen LogP contribution in [0.1, 0.15) is 15.9 Å². The van der Waals surface area contributed by atoms with Crippen molar-refractivity contribution >= 4 is 64.1 Å². The highest BCUT2D eigenvalue weighted by molar-refractivity contribution is 6.36. The minimum atomic E-state index is -0.421. The minimum absolute atomic E-state index is 0.0146. The van der Waals surface area contributed by atoms with Gasteiger partial charge in [-0.05, 0) is 42.0 Å². The molecular formula is C27H24Cl3N3O3. The van der Waals surface area contributed by atoms with Gasteiger partial charge in [-0.2, -0.15) is 0 Å². The van der Waals surface area contributed by atoms with Gasteiger partial charge in [-0.1, -0.05) is 65.1 Å². The van der Waals surface area contributed by atoms with E-state index >= 15 is 0 Å². The minimum Gasteiger partial charge on any atom is -0.494 e. The van der Waals surface area contributed by atoms with Gasteiger partial charge in [-0.3, -0.25) is 9.59 Å². The molecule has 1 saturated heterocycles. The summed E-state index contributed by atoms with van der Waals surface area (Å²) in [7, 11) is 1.43. The van der Waals surface area contributed by atoms with E-state index in [-0.39, 0.29) is 22.2 Å². The first-order valence-electron chi connectivity index (χ1n) is 11.3. The van der Waals surface area contributed by atoms with Crippen molar-refractivity contribution < 1.29 is 14.3 Å². The van der Waals surface area contributed by atoms with E-state index in [1.54, 1.807) is 18.2 Å². The second-order valence-corrected chi connectivity index (χ2v) is 9.40. The number of nitrogens with zero attached hydrogens (tertiary/aromatic N) is 2. The van der Waals surface area contributed by atoms with Gasteiger partial charge in [-0.15, -0.1) is 0 Å². The molecule has 0 spiro atoms. The van der Waals surface area contributed by atoms with E-state index in [1.165, 1.54) is 19.2 Å². The van der Waals surface area contributed by atoms with Crippen molar-refractivity contribution in [3.05, 3.63) is 92.9 Å². The van der Waals surface area contributed by atoms with E-state index < -0.39 is 5.91 Å². The van der Waals surface area contributed by atoms with Crippen LogP contribution in [-0.4, -0.2) is 50.0 Å². The highest BCUT2D eigenvalue weighted by Crippen LogP contribution is 2.34. The quantitative estimate of drug-likeness (QED) is 0.372. The van der Waals surface area contributed by atoms with Crippen LogP contribution in [0.4, 0.5) is 11.4 Å². The molecule has 2 amide bonds. The van der Waals surface area contributed by atoms with Crippen LogP contribution in [0.5, 0.6) is 5.75 Å². The van der Waals surface area contributed by atoms with Gasteiger partial charge < -0.3 is 19.9 Å². The summed E-state index contributed by atoms with van der Waals surface area (Å²) in [4.78, 5) is 29.3. The molecule has 3 aromatic carbocycles. The average Bonchev–Trinajstić information content (AvgIpc) is 2.87. The number of amides is 2. The molecule has 0 atom stereocenters. The van der Waals surface area contributed by atoms with E-state index in [0.29, 0.717) is 41.9 Å². The number of hydrogen-bond donors (Lipinski definition) is 1. The lowest BCUT2D eigenvalue weighted by Gasteiger charge is -2.36. The molecule has 0 unspecified atom stereocenters. The summed E-state index contributed by atoms with van der Waals surface area (Å²) in [5, 5.41) is 3.87. The predicted octanol–water partition coefficient (Wildman–Crippen LogP) is 6.27. The first kappa shape index (κ1) is 25.9. The molecule has 4 rings (SSSR count). The molecule has 1 N–H and O–H groups in total. The molecule has 1 aliphatic rings. The number of ether oxygens (including phenoxy) is 1. The molecule has 1 aliphatic heterocycles. The van der Waals surface area contributed by atoms with Gasteiger partial charge in [0.25, 0.3) is 5.91 Å². The monoisotopic (exact) mass is 543 g/mol. The van der Waals surface area contributed by atoms with Gasteiger partial charge in [-0.25, -0.2) is 0 Å². The zero-order valence-corrected chi connectivity index (χ0v) is 21.8. The summed E-state index contributed by atoms with van der Waals surface area (Å²) >= 11 is 18.8. The van der Waals surface area contributed by atoms with Gasteiger partial charge in [0.1, 0.15) is 5.75 Å². The van der Waals surface area contributed by atoms with Crippen molar-refractivity contribution in [2.45, 2.75) is 0 Å². The van der Waals surface area contributed by atoms with Crippen molar-refractivity contribution in [1.29, 1.82) is 0 Å². The standard InChI is InChI=1S/C27H24Cl3N3O3/c1-36-26-21(15-19(28)16-23(26)30)27(35)31-20-8-9-24(22(29)17-20)32-11-13-33(14-12-32)25(34)10-7-18-5-3-2-4-6-18/h2-10,15-17H,11-14H2,1H3,(H,31,35)/b10-7+. The van der Waals surface area contributed by atoms with E-state index in [2.05, 4.69) is 10.2 Å². The van der Waals surface area contributed by atoms with Crippen LogP contribution in [0.15, 0.2) is 66.7 Å². The number of rotatable bonds is 6. The summed E-state index contributed by atoms with van der Waals surface area (Å²) in [5.41, 5.74) is 2.56. The van der Waals surface area contributed by atoms with Crippen molar-refractivity contribution in [1.82, 2.24) is 4.90 Å². The van der Waals surface area contributed by atoms with E-state index in [4.69, 9.17) is 39.5 Å². The van der Waals surface area contributed by atoms with Crippen molar-refractivity contribution in [3.8, 4) is 5.75 Å². The van der Waals surface area contributed by atoms with Crippen molar-refractivity contribution in [3.63, 3.8) is 0 Å². The molecular weight excluding hydrogens is 521 g/mol. The Balaban J connectivity index is 1.38. The summed E-state index contributed by atoms with van der Waals surface area (Å²) in [6, 6.07) is 18.0. The molecule has 0 aliphatic carbocycles. The summed E-state index contributed by atoms with van der Waals surface area (Å²) in [6.07, 6.45) is 3.43. The topological polar surface area (TPSA) is 61.9 Å². The Morgan fingerprint density at radius 1 is 0.917 bits per heavy atom. The summed E-state index contributed by atoms with van der Waals surface area (Å²) in [5.74, 6) is -0.192. The normalized spacial score (nSPS) is 13.7. The summed E-state index contributed by atoms with van der Waals surface area (Å²) < 4.78 is 5.26. The van der Waals surface area contributed by atoms with Crippen LogP contribution < -0.4 is 15.0 Å². The number of nitrogens with one attached hydrogen (secondary N) is 1. The Kier molecular flexibility index (Phi) is 8.41. The zero-order valence-electron chi connectivity index (χ0n) is 19.5. The van der Waals surface area contributed by atoms with Crippen LogP contribution in [-0.2, 0) is 4.79 Å². The Hall–Kier alpha value is -3.19. The maximum atomic E-state index is 12.8. The maximum absolute atomic E-state index is 12.8. The molecule has 0 bridgehead atoms. The van der Waals surface area contributed by atoms with Gasteiger partial charge in [0.2, 0.25) is 5.91 Å². The number of methoxy groups -OCH3 is 1. The molecule has 186 valence electrons. The molecule has 36 heavy (non-hydrogen) atoms. The van der Waals surface area contributed by atoms with Gasteiger partial charge in [0, 0.05) is 43.0 Å². The fourth-order valence-electron chi connectivity index (χ4n) is 3.98. The second-order valence-electron chi connectivity index (χ2n) is 8.15. The zero-order chi connectivity index (χ0) is 25.7. The largest absolute Gasteiger partial charge is 0.494 e. The number of benzene rings is 3. The van der Waals surface area contributed by atoms with Gasteiger partial charge >= 0.3 is 0 Å². The maximum Gasteiger partial charge on any atom is 0.259 e. The smallest absolute Gasteiger partial charge is 0.259 e. The SMILES string of the molecule is COc1c(Cl)cc(Cl)cc1C(=O)Nc1ccc(N2CCN(C(=O)/C=C/c3ccccc3)CC2)c(Cl)c1. The third kappa shape index (κ3) is 6.13. The molecule has 1 fully saturated rings. The Bertz CT molecular complexity index is 1290. The molecule has 0 saturated carbocycles. The molecule has 0 radical (unpaired) electrons. The predicted molar refractivity (Wildman–Crippen MR) is 147 cm³/mol. The Morgan fingerprint density at radius 3 is 2.31 bits per heavy atom. The van der Waals surface area contributed by atoms with Crippen LogP contribution in [0.3, 0.4) is 0 Å². The second kappa shape index (κ2) is 11.7. The van der Waals surface area contributed by atoms with Crippen molar-refractivity contribution in [2.24, 2.45) is 0 Å². The van der Waals surface area contributed by atoms with Crippen LogP contribution in [0.2, 0.25) is 15.1 Å². The highest BCUT2D eigenvalue weighted by Gasteiger charge is 2.22. The molecule has 1 heterocycles.